The van der Waals surface area contributed by atoms with Gasteiger partial charge in [-0.05, 0) is 17.5 Å². The molecule has 0 fully saturated rings. The maximum Gasteiger partial charge on any atom is 0.240 e. The fourth-order valence-corrected chi connectivity index (χ4v) is 1.94. The average molecular weight is 215 g/mol. The van der Waals surface area contributed by atoms with Gasteiger partial charge in [-0.25, -0.2) is 5.43 Å². The molecule has 2 rings (SSSR count). The summed E-state index contributed by atoms with van der Waals surface area (Å²) in [6.07, 6.45) is 0.523. The van der Waals surface area contributed by atoms with Gasteiger partial charge in [0, 0.05) is 12.3 Å². The summed E-state index contributed by atoms with van der Waals surface area (Å²) in [7, 11) is 0. The number of carbonyl (C=O) groups is 1. The van der Waals surface area contributed by atoms with E-state index in [2.05, 4.69) is 30.4 Å². The molecule has 1 aromatic carbocycles. The lowest BCUT2D eigenvalue weighted by Gasteiger charge is -2.25. The van der Waals surface area contributed by atoms with Crippen LogP contribution in [0.15, 0.2) is 29.4 Å². The van der Waals surface area contributed by atoms with Gasteiger partial charge in [0.15, 0.2) is 0 Å². The van der Waals surface area contributed by atoms with Crippen molar-refractivity contribution in [2.45, 2.75) is 20.3 Å². The van der Waals surface area contributed by atoms with E-state index >= 15 is 0 Å². The molecule has 3 heteroatoms. The molecule has 0 bridgehead atoms. The van der Waals surface area contributed by atoms with Gasteiger partial charge in [-0.2, -0.15) is 5.10 Å². The Hall–Kier alpha value is -1.64. The summed E-state index contributed by atoms with van der Waals surface area (Å²) < 4.78 is 0. The van der Waals surface area contributed by atoms with Crippen molar-refractivity contribution in [3.05, 3.63) is 35.9 Å². The summed E-state index contributed by atoms with van der Waals surface area (Å²) in [4.78, 5) is 11.3. The third-order valence-electron chi connectivity index (χ3n) is 2.88. The maximum absolute atomic E-state index is 11.3. The zero-order valence-corrected chi connectivity index (χ0v) is 9.53. The summed E-state index contributed by atoms with van der Waals surface area (Å²) in [5.41, 5.74) is 4.60. The zero-order valence-electron chi connectivity index (χ0n) is 9.53. The maximum atomic E-state index is 11.3. The molecular formula is C13H15N2O. The van der Waals surface area contributed by atoms with Crippen LogP contribution in [-0.2, 0) is 4.79 Å². The minimum Gasteiger partial charge on any atom is -0.273 e. The highest BCUT2D eigenvalue weighted by molar-refractivity contribution is 6.05. The van der Waals surface area contributed by atoms with Gasteiger partial charge in [0.1, 0.15) is 0 Å². The van der Waals surface area contributed by atoms with Crippen LogP contribution in [0.2, 0.25) is 0 Å². The van der Waals surface area contributed by atoms with E-state index in [0.29, 0.717) is 12.3 Å². The summed E-state index contributed by atoms with van der Waals surface area (Å²) in [5.74, 6) is 0.620. The Morgan fingerprint density at radius 1 is 1.44 bits per heavy atom. The third-order valence-corrected chi connectivity index (χ3v) is 2.88. The number of hydrogen-bond donors (Lipinski definition) is 1. The minimum absolute atomic E-state index is 0.00458. The van der Waals surface area contributed by atoms with Crippen LogP contribution in [0.1, 0.15) is 25.8 Å². The molecular weight excluding hydrogens is 200 g/mol. The number of amides is 1. The Morgan fingerprint density at radius 3 is 2.75 bits per heavy atom. The van der Waals surface area contributed by atoms with Crippen LogP contribution in [0.4, 0.5) is 0 Å². The molecule has 83 valence electrons. The van der Waals surface area contributed by atoms with E-state index < -0.39 is 0 Å². The van der Waals surface area contributed by atoms with Gasteiger partial charge in [-0.1, -0.05) is 38.1 Å². The van der Waals surface area contributed by atoms with Gasteiger partial charge in [0.25, 0.3) is 0 Å². The molecule has 1 heterocycles. The van der Waals surface area contributed by atoms with Gasteiger partial charge in [0.2, 0.25) is 5.91 Å². The lowest BCUT2D eigenvalue weighted by Crippen LogP contribution is -2.35. The molecule has 1 aromatic rings. The van der Waals surface area contributed by atoms with Crippen LogP contribution in [0.5, 0.6) is 0 Å². The number of carbonyl (C=O) groups excluding carboxylic acids is 1. The van der Waals surface area contributed by atoms with Crippen molar-refractivity contribution in [3.63, 3.8) is 0 Å². The Morgan fingerprint density at radius 2 is 2.12 bits per heavy atom. The number of nitrogens with zero attached hydrogens (tertiary/aromatic N) is 1. The van der Waals surface area contributed by atoms with E-state index in [1.54, 1.807) is 0 Å². The molecule has 0 aliphatic carbocycles. The van der Waals surface area contributed by atoms with Gasteiger partial charge in [-0.15, -0.1) is 0 Å². The predicted octanol–water partition coefficient (Wildman–Crippen LogP) is 1.98. The van der Waals surface area contributed by atoms with Crippen molar-refractivity contribution in [2.24, 2.45) is 16.9 Å². The first-order valence-corrected chi connectivity index (χ1v) is 5.51. The Bertz CT molecular complexity index is 409. The highest BCUT2D eigenvalue weighted by Crippen LogP contribution is 2.23. The second-order valence-electron chi connectivity index (χ2n) is 4.38. The first-order chi connectivity index (χ1) is 7.68. The van der Waals surface area contributed by atoms with Crippen molar-refractivity contribution in [2.75, 3.05) is 0 Å². The van der Waals surface area contributed by atoms with E-state index in [-0.39, 0.29) is 11.8 Å². The van der Waals surface area contributed by atoms with Crippen LogP contribution in [0.25, 0.3) is 0 Å². The summed E-state index contributed by atoms with van der Waals surface area (Å²) >= 11 is 0. The van der Waals surface area contributed by atoms with Crippen LogP contribution < -0.4 is 5.43 Å². The second-order valence-corrected chi connectivity index (χ2v) is 4.38. The van der Waals surface area contributed by atoms with Gasteiger partial charge < -0.3 is 0 Å². The van der Waals surface area contributed by atoms with Crippen LogP contribution >= 0.6 is 0 Å². The normalized spacial score (nSPS) is 20.6. The van der Waals surface area contributed by atoms with Crippen molar-refractivity contribution >= 4 is 11.6 Å². The van der Waals surface area contributed by atoms with Crippen molar-refractivity contribution in [1.29, 1.82) is 0 Å². The van der Waals surface area contributed by atoms with E-state index in [1.807, 2.05) is 24.3 Å². The highest BCUT2D eigenvalue weighted by atomic mass is 16.2. The van der Waals surface area contributed by atoms with Crippen molar-refractivity contribution < 1.29 is 4.79 Å². The number of nitrogens with one attached hydrogen (secondary N) is 1. The van der Waals surface area contributed by atoms with E-state index in [1.165, 1.54) is 0 Å². The van der Waals surface area contributed by atoms with Crippen molar-refractivity contribution in [3.8, 4) is 0 Å². The Balaban J connectivity index is 2.34. The van der Waals surface area contributed by atoms with Crippen LogP contribution in [-0.4, -0.2) is 11.6 Å². The monoisotopic (exact) mass is 215 g/mol. The van der Waals surface area contributed by atoms with E-state index in [0.717, 1.165) is 11.3 Å². The average Bonchev–Trinajstić information content (AvgIpc) is 2.30. The number of rotatable bonds is 2. The molecule has 3 nitrogen and oxygen atoms in total. The van der Waals surface area contributed by atoms with E-state index in [4.69, 9.17) is 0 Å². The molecule has 1 atom stereocenters. The molecule has 1 radical (unpaired) electrons. The molecule has 0 spiro atoms. The first kappa shape index (κ1) is 10.9. The van der Waals surface area contributed by atoms with Gasteiger partial charge in [0.05, 0.1) is 5.71 Å². The molecule has 0 saturated carbocycles. The summed E-state index contributed by atoms with van der Waals surface area (Å²) in [5, 5.41) is 4.19. The first-order valence-electron chi connectivity index (χ1n) is 5.51. The van der Waals surface area contributed by atoms with Gasteiger partial charge in [-0.3, -0.25) is 4.79 Å². The molecule has 0 saturated heterocycles. The fraction of sp³-hybridized carbons (Fsp3) is 0.385. The Kier molecular flexibility index (Phi) is 3.04. The smallest absolute Gasteiger partial charge is 0.240 e. The topological polar surface area (TPSA) is 41.5 Å². The Labute approximate surface area is 95.6 Å². The molecule has 1 aliphatic heterocycles. The predicted molar refractivity (Wildman–Crippen MR) is 62.9 cm³/mol. The third kappa shape index (κ3) is 2.13. The lowest BCUT2D eigenvalue weighted by atomic mass is 9.84. The zero-order chi connectivity index (χ0) is 11.5. The molecule has 1 N–H and O–H groups in total. The molecule has 16 heavy (non-hydrogen) atoms. The largest absolute Gasteiger partial charge is 0.273 e. The van der Waals surface area contributed by atoms with Gasteiger partial charge >= 0.3 is 0 Å². The lowest BCUT2D eigenvalue weighted by molar-refractivity contribution is -0.122. The van der Waals surface area contributed by atoms with Crippen LogP contribution in [0, 0.1) is 17.9 Å². The molecule has 0 aromatic heterocycles. The highest BCUT2D eigenvalue weighted by Gasteiger charge is 2.27. The standard InChI is InChI=1S/C13H15N2O/c1-9(2)11-8-12(16)14-15-13(11)10-6-4-3-5-7-10/h4-7,9,11H,8H2,1-2H3,(H,14,16). The molecule has 1 aliphatic rings. The second kappa shape index (κ2) is 4.47. The number of hydrazone groups is 1. The van der Waals surface area contributed by atoms with E-state index in [9.17, 15) is 4.79 Å². The summed E-state index contributed by atoms with van der Waals surface area (Å²) in [6.45, 7) is 4.24. The van der Waals surface area contributed by atoms with Crippen LogP contribution in [0.3, 0.4) is 0 Å². The summed E-state index contributed by atoms with van der Waals surface area (Å²) in [6, 6.07) is 10.7. The SMILES string of the molecule is CC(C)C1CC(=O)NN=C1c1cc[c]cc1. The van der Waals surface area contributed by atoms with Crippen molar-refractivity contribution in [1.82, 2.24) is 5.43 Å². The number of benzene rings is 1. The fourth-order valence-electron chi connectivity index (χ4n) is 1.94. The quantitative estimate of drug-likeness (QED) is 0.805. The molecule has 1 amide bonds. The minimum atomic E-state index is 0.00458. The number of hydrogen-bond acceptors (Lipinski definition) is 2. The molecule has 1 unspecified atom stereocenters.